The smallest absolute Gasteiger partial charge is 0.254 e. The summed E-state index contributed by atoms with van der Waals surface area (Å²) < 4.78 is 18.6. The normalized spacial score (nSPS) is 25.0. The van der Waals surface area contributed by atoms with Crippen LogP contribution in [0.25, 0.3) is 0 Å². The van der Waals surface area contributed by atoms with E-state index in [1.165, 1.54) is 11.8 Å². The second-order valence-electron chi connectivity index (χ2n) is 10.9. The summed E-state index contributed by atoms with van der Waals surface area (Å²) in [6.45, 7) is 7.92. The fraction of sp³-hybridized carbons (Fsp3) is 0.586. The summed E-state index contributed by atoms with van der Waals surface area (Å²) >= 11 is 8.16. The summed E-state index contributed by atoms with van der Waals surface area (Å²) in [5, 5.41) is 3.26. The van der Waals surface area contributed by atoms with Crippen LogP contribution in [0.4, 0.5) is 0 Å². The number of aromatic nitrogens is 1. The maximum absolute atomic E-state index is 13.3. The van der Waals surface area contributed by atoms with Crippen molar-refractivity contribution in [1.82, 2.24) is 15.2 Å². The van der Waals surface area contributed by atoms with Crippen LogP contribution in [0.1, 0.15) is 66.2 Å². The number of thioether (sulfide) groups is 1. The Balaban J connectivity index is 1.30. The van der Waals surface area contributed by atoms with E-state index in [9.17, 15) is 9.59 Å². The third-order valence-electron chi connectivity index (χ3n) is 8.65. The number of hydrogen-bond donors (Lipinski definition) is 2. The van der Waals surface area contributed by atoms with Crippen LogP contribution >= 0.6 is 23.4 Å². The van der Waals surface area contributed by atoms with Gasteiger partial charge in [0.1, 0.15) is 0 Å². The van der Waals surface area contributed by atoms with E-state index in [0.717, 1.165) is 49.4 Å². The monoisotopic (exact) mass is 575 g/mol. The lowest BCUT2D eigenvalue weighted by Gasteiger charge is -2.47. The molecule has 0 radical (unpaired) electrons. The average molecular weight is 576 g/mol. The van der Waals surface area contributed by atoms with Crippen molar-refractivity contribution in [3.05, 3.63) is 49.9 Å². The van der Waals surface area contributed by atoms with Gasteiger partial charge in [0.15, 0.2) is 11.5 Å². The highest BCUT2D eigenvalue weighted by Crippen LogP contribution is 2.53. The molecule has 1 saturated heterocycles. The first-order chi connectivity index (χ1) is 18.7. The number of likely N-dealkylation sites (tertiary alicyclic amines) is 1. The number of nitrogens with one attached hydrogen (secondary N) is 2. The Kier molecular flexibility index (Phi) is 8.25. The number of methoxy groups -OCH3 is 1. The summed E-state index contributed by atoms with van der Waals surface area (Å²) in [5.74, 6) is 0.187. The van der Waals surface area contributed by atoms with Gasteiger partial charge in [-0.3, -0.25) is 14.5 Å². The molecule has 1 atom stereocenters. The minimum atomic E-state index is -0.788. The molecule has 212 valence electrons. The van der Waals surface area contributed by atoms with Gasteiger partial charge in [-0.2, -0.15) is 0 Å². The molecular formula is C29H38ClN3O5S. The Morgan fingerprint density at radius 1 is 1.21 bits per heavy atom. The molecule has 1 aromatic carbocycles. The fourth-order valence-electron chi connectivity index (χ4n) is 6.22. The lowest BCUT2D eigenvalue weighted by atomic mass is 9.78. The van der Waals surface area contributed by atoms with Crippen LogP contribution in [0.15, 0.2) is 21.8 Å². The topological polar surface area (TPSA) is 92.9 Å². The lowest BCUT2D eigenvalue weighted by molar-refractivity contribution is -0.145. The number of ether oxygens (including phenoxy) is 3. The van der Waals surface area contributed by atoms with Crippen molar-refractivity contribution in [1.29, 1.82) is 0 Å². The quantitative estimate of drug-likeness (QED) is 0.425. The largest absolute Gasteiger partial charge is 0.448 e. The minimum Gasteiger partial charge on any atom is -0.448 e. The van der Waals surface area contributed by atoms with Crippen LogP contribution in [0.5, 0.6) is 11.5 Å². The Morgan fingerprint density at radius 3 is 2.54 bits per heavy atom. The van der Waals surface area contributed by atoms with E-state index >= 15 is 0 Å². The molecule has 1 saturated carbocycles. The molecule has 8 nitrogen and oxygen atoms in total. The minimum absolute atomic E-state index is 0.112. The maximum Gasteiger partial charge on any atom is 0.254 e. The highest BCUT2D eigenvalue weighted by molar-refractivity contribution is 7.98. The number of H-pyrrole nitrogens is 1. The molecule has 2 aromatic rings. The van der Waals surface area contributed by atoms with Gasteiger partial charge in [-0.05, 0) is 57.9 Å². The molecule has 2 fully saturated rings. The van der Waals surface area contributed by atoms with E-state index in [2.05, 4.69) is 22.1 Å². The van der Waals surface area contributed by atoms with Crippen LogP contribution in [-0.4, -0.2) is 60.2 Å². The SMILES string of the molecule is CCC1(C2CCC(N3CC(OC)C3)CC2)Oc2c(Cl)cc(C(=O)NCc3c(SC)cc(C)[nH]c3=O)c(C)c2O1. The number of hydrogen-bond acceptors (Lipinski definition) is 7. The number of rotatable bonds is 8. The van der Waals surface area contributed by atoms with Crippen LogP contribution < -0.4 is 20.3 Å². The number of carbonyl (C=O) groups excluding carboxylic acids is 1. The van der Waals surface area contributed by atoms with Crippen molar-refractivity contribution in [3.63, 3.8) is 0 Å². The van der Waals surface area contributed by atoms with Gasteiger partial charge in [0.2, 0.25) is 0 Å². The molecule has 1 aromatic heterocycles. The van der Waals surface area contributed by atoms with Crippen LogP contribution in [0.2, 0.25) is 5.02 Å². The van der Waals surface area contributed by atoms with Gasteiger partial charge in [0.05, 0.1) is 11.1 Å². The number of benzene rings is 1. The molecule has 5 rings (SSSR count). The van der Waals surface area contributed by atoms with Gasteiger partial charge in [-0.1, -0.05) is 18.5 Å². The van der Waals surface area contributed by atoms with E-state index in [0.29, 0.717) is 51.8 Å². The number of pyridine rings is 1. The number of aryl methyl sites for hydroxylation is 1. The average Bonchev–Trinajstić information content (AvgIpc) is 3.32. The number of amides is 1. The van der Waals surface area contributed by atoms with Crippen molar-refractivity contribution in [2.45, 2.75) is 82.2 Å². The van der Waals surface area contributed by atoms with Crippen molar-refractivity contribution >= 4 is 29.3 Å². The molecule has 0 spiro atoms. The predicted molar refractivity (Wildman–Crippen MR) is 153 cm³/mol. The molecule has 3 aliphatic rings. The molecule has 2 N–H and O–H groups in total. The van der Waals surface area contributed by atoms with E-state index in [1.54, 1.807) is 13.2 Å². The summed E-state index contributed by atoms with van der Waals surface area (Å²) in [7, 11) is 1.78. The zero-order chi connectivity index (χ0) is 27.9. The van der Waals surface area contributed by atoms with Crippen molar-refractivity contribution < 1.29 is 19.0 Å². The van der Waals surface area contributed by atoms with Gasteiger partial charge in [0, 0.05) is 72.4 Å². The van der Waals surface area contributed by atoms with Gasteiger partial charge >= 0.3 is 0 Å². The number of nitrogens with zero attached hydrogens (tertiary/aromatic N) is 1. The Hall–Kier alpha value is -2.20. The molecular weight excluding hydrogens is 538 g/mol. The summed E-state index contributed by atoms with van der Waals surface area (Å²) in [5.41, 5.74) is 2.21. The highest BCUT2D eigenvalue weighted by Gasteiger charge is 2.50. The summed E-state index contributed by atoms with van der Waals surface area (Å²) in [4.78, 5) is 32.0. The van der Waals surface area contributed by atoms with Gasteiger partial charge in [-0.15, -0.1) is 11.8 Å². The molecule has 1 amide bonds. The summed E-state index contributed by atoms with van der Waals surface area (Å²) in [6.07, 6.45) is 7.17. The number of aromatic amines is 1. The van der Waals surface area contributed by atoms with Crippen LogP contribution in [-0.2, 0) is 11.3 Å². The molecule has 0 bridgehead atoms. The Morgan fingerprint density at radius 2 is 1.90 bits per heavy atom. The number of halogens is 1. The van der Waals surface area contributed by atoms with Gasteiger partial charge < -0.3 is 24.5 Å². The third-order valence-corrected chi connectivity index (χ3v) is 9.73. The fourth-order valence-corrected chi connectivity index (χ4v) is 7.16. The van der Waals surface area contributed by atoms with Crippen molar-refractivity contribution in [2.24, 2.45) is 5.92 Å². The van der Waals surface area contributed by atoms with Gasteiger partial charge in [-0.25, -0.2) is 0 Å². The first-order valence-corrected chi connectivity index (χ1v) is 15.3. The highest BCUT2D eigenvalue weighted by atomic mass is 35.5. The van der Waals surface area contributed by atoms with Crippen LogP contribution in [0, 0.1) is 19.8 Å². The predicted octanol–water partition coefficient (Wildman–Crippen LogP) is 5.06. The van der Waals surface area contributed by atoms with E-state index in [4.69, 9.17) is 25.8 Å². The number of carbonyl (C=O) groups is 1. The maximum atomic E-state index is 13.3. The van der Waals surface area contributed by atoms with E-state index in [-0.39, 0.29) is 23.9 Å². The van der Waals surface area contributed by atoms with Crippen molar-refractivity contribution in [2.75, 3.05) is 26.5 Å². The third kappa shape index (κ3) is 5.31. The Bertz CT molecular complexity index is 1300. The molecule has 10 heteroatoms. The summed E-state index contributed by atoms with van der Waals surface area (Å²) in [6, 6.07) is 4.13. The van der Waals surface area contributed by atoms with E-state index < -0.39 is 5.79 Å². The molecule has 3 heterocycles. The van der Waals surface area contributed by atoms with E-state index in [1.807, 2.05) is 26.2 Å². The zero-order valence-electron chi connectivity index (χ0n) is 23.3. The standard InChI is InChI=1S/C29H38ClN3O5S/c1-6-29(18-7-9-19(10-8-18)33-14-20(15-33)36-4)37-25-17(3)21(12-23(30)26(25)38-29)27(34)31-13-22-24(39-5)11-16(2)32-28(22)35/h11-12,18-20H,6-10,13-15H2,1-5H3,(H,31,34)(H,32,35). The molecule has 2 aliphatic heterocycles. The first-order valence-electron chi connectivity index (χ1n) is 13.7. The van der Waals surface area contributed by atoms with Gasteiger partial charge in [0.25, 0.3) is 17.3 Å². The van der Waals surface area contributed by atoms with Crippen molar-refractivity contribution in [3.8, 4) is 11.5 Å². The zero-order valence-corrected chi connectivity index (χ0v) is 24.9. The lowest BCUT2D eigenvalue weighted by Crippen LogP contribution is -2.57. The Labute approximate surface area is 239 Å². The molecule has 39 heavy (non-hydrogen) atoms. The second-order valence-corrected chi connectivity index (χ2v) is 12.1. The van der Waals surface area contributed by atoms with Crippen LogP contribution in [0.3, 0.4) is 0 Å². The first kappa shape index (κ1) is 28.3. The second kappa shape index (κ2) is 11.4. The molecule has 1 unspecified atom stereocenters. The molecule has 1 aliphatic carbocycles. The number of fused-ring (bicyclic) bond motifs is 1.